The first-order chi connectivity index (χ1) is 11.9. The molecule has 130 valence electrons. The Balaban J connectivity index is 2.05. The van der Waals surface area contributed by atoms with Crippen molar-refractivity contribution in [2.75, 3.05) is 6.54 Å². The van der Waals surface area contributed by atoms with Gasteiger partial charge in [0.15, 0.2) is 5.65 Å². The van der Waals surface area contributed by atoms with Gasteiger partial charge in [-0.1, -0.05) is 17.7 Å². The molecule has 25 heavy (non-hydrogen) atoms. The van der Waals surface area contributed by atoms with E-state index >= 15 is 0 Å². The van der Waals surface area contributed by atoms with Gasteiger partial charge in [0, 0.05) is 24.2 Å². The van der Waals surface area contributed by atoms with Gasteiger partial charge in [-0.05, 0) is 32.0 Å². The number of thiophene rings is 1. The van der Waals surface area contributed by atoms with E-state index in [-0.39, 0.29) is 5.91 Å². The lowest BCUT2D eigenvalue weighted by molar-refractivity contribution is 0.0766. The lowest BCUT2D eigenvalue weighted by atomic mass is 10.1. The summed E-state index contributed by atoms with van der Waals surface area (Å²) in [4.78, 5) is 20.6. The van der Waals surface area contributed by atoms with Crippen LogP contribution in [0.4, 0.5) is 0 Å². The summed E-state index contributed by atoms with van der Waals surface area (Å²) < 4.78 is 2.43. The highest BCUT2D eigenvalue weighted by molar-refractivity contribution is 7.16. The number of hydrogen-bond donors (Lipinski definition) is 0. The monoisotopic (exact) mass is 374 g/mol. The summed E-state index contributed by atoms with van der Waals surface area (Å²) in [5.74, 6) is -0.0592. The van der Waals surface area contributed by atoms with Crippen LogP contribution in [0.15, 0.2) is 30.9 Å². The van der Waals surface area contributed by atoms with Crippen LogP contribution in [0.2, 0.25) is 4.34 Å². The van der Waals surface area contributed by atoms with Crippen molar-refractivity contribution in [2.24, 2.45) is 7.05 Å². The molecule has 0 aliphatic heterocycles. The topological polar surface area (TPSA) is 51.0 Å². The molecule has 3 aromatic heterocycles. The molecular weight excluding hydrogens is 356 g/mol. The third-order valence-electron chi connectivity index (χ3n) is 3.94. The van der Waals surface area contributed by atoms with Crippen molar-refractivity contribution in [3.8, 4) is 0 Å². The molecule has 3 heterocycles. The summed E-state index contributed by atoms with van der Waals surface area (Å²) >= 11 is 7.49. The molecule has 0 radical (unpaired) electrons. The van der Waals surface area contributed by atoms with Gasteiger partial charge in [-0.25, -0.2) is 4.98 Å². The Morgan fingerprint density at radius 1 is 1.44 bits per heavy atom. The summed E-state index contributed by atoms with van der Waals surface area (Å²) in [5.41, 5.74) is 2.93. The SMILES string of the molecule is C=CCN(Cc1ccc(Cl)s1)C(=O)c1cc(C)nc2c1c(C)nn2C. The maximum atomic E-state index is 13.3. The molecule has 0 fully saturated rings. The molecule has 3 aromatic rings. The van der Waals surface area contributed by atoms with Crippen LogP contribution in [0, 0.1) is 13.8 Å². The Kier molecular flexibility index (Phi) is 4.92. The highest BCUT2D eigenvalue weighted by Gasteiger charge is 2.22. The fourth-order valence-electron chi connectivity index (χ4n) is 2.91. The normalized spacial score (nSPS) is 11.0. The van der Waals surface area contributed by atoms with Gasteiger partial charge < -0.3 is 4.90 Å². The van der Waals surface area contributed by atoms with Crippen LogP contribution in [0.1, 0.15) is 26.6 Å². The molecule has 0 unspecified atom stereocenters. The Labute approximate surface area is 155 Å². The fourth-order valence-corrected chi connectivity index (χ4v) is 4.01. The third kappa shape index (κ3) is 3.45. The number of halogens is 1. The molecule has 0 aliphatic rings. The second-order valence-corrected chi connectivity index (χ2v) is 7.70. The van der Waals surface area contributed by atoms with Crippen LogP contribution in [0.5, 0.6) is 0 Å². The van der Waals surface area contributed by atoms with Gasteiger partial charge in [-0.15, -0.1) is 17.9 Å². The van der Waals surface area contributed by atoms with Crippen LogP contribution >= 0.6 is 22.9 Å². The zero-order valence-electron chi connectivity index (χ0n) is 14.4. The number of pyridine rings is 1. The van der Waals surface area contributed by atoms with Crippen LogP contribution in [-0.2, 0) is 13.6 Å². The van der Waals surface area contributed by atoms with E-state index in [1.807, 2.05) is 39.1 Å². The maximum Gasteiger partial charge on any atom is 0.255 e. The fraction of sp³-hybridized carbons (Fsp3) is 0.278. The predicted molar refractivity (Wildman–Crippen MR) is 102 cm³/mol. The Hall–Kier alpha value is -2.18. The minimum Gasteiger partial charge on any atom is -0.330 e. The van der Waals surface area contributed by atoms with Gasteiger partial charge in [0.05, 0.1) is 27.5 Å². The van der Waals surface area contributed by atoms with Crippen molar-refractivity contribution in [1.82, 2.24) is 19.7 Å². The summed E-state index contributed by atoms with van der Waals surface area (Å²) in [5, 5.41) is 5.22. The van der Waals surface area contributed by atoms with E-state index in [2.05, 4.69) is 16.7 Å². The van der Waals surface area contributed by atoms with Gasteiger partial charge >= 0.3 is 0 Å². The van der Waals surface area contributed by atoms with Crippen molar-refractivity contribution in [3.05, 3.63) is 57.0 Å². The molecular formula is C18H19ClN4OS. The number of aromatic nitrogens is 3. The summed E-state index contributed by atoms with van der Waals surface area (Å²) in [6.45, 7) is 8.51. The van der Waals surface area contributed by atoms with E-state index in [1.165, 1.54) is 11.3 Å². The Morgan fingerprint density at radius 3 is 2.84 bits per heavy atom. The molecule has 5 nitrogen and oxygen atoms in total. The molecule has 3 rings (SSSR count). The molecule has 0 atom stereocenters. The van der Waals surface area contributed by atoms with Crippen LogP contribution in [0.25, 0.3) is 11.0 Å². The molecule has 0 N–H and O–H groups in total. The van der Waals surface area contributed by atoms with Crippen molar-refractivity contribution in [1.29, 1.82) is 0 Å². The van der Waals surface area contributed by atoms with Crippen molar-refractivity contribution >= 4 is 39.9 Å². The van der Waals surface area contributed by atoms with Crippen molar-refractivity contribution in [3.63, 3.8) is 0 Å². The number of amides is 1. The Bertz CT molecular complexity index is 960. The van der Waals surface area contributed by atoms with Crippen LogP contribution in [-0.4, -0.2) is 32.1 Å². The van der Waals surface area contributed by atoms with E-state index < -0.39 is 0 Å². The smallest absolute Gasteiger partial charge is 0.255 e. The number of aryl methyl sites for hydroxylation is 3. The van der Waals surface area contributed by atoms with E-state index in [0.29, 0.717) is 23.0 Å². The highest BCUT2D eigenvalue weighted by atomic mass is 35.5. The number of rotatable bonds is 5. The standard InChI is InChI=1S/C18H19ClN4OS/c1-5-8-23(10-13-6-7-15(19)25-13)18(24)14-9-11(2)20-17-16(14)12(3)21-22(17)4/h5-7,9H,1,8,10H2,2-4H3. The van der Waals surface area contributed by atoms with E-state index in [4.69, 9.17) is 11.6 Å². The van der Waals surface area contributed by atoms with Gasteiger partial charge in [0.1, 0.15) is 0 Å². The first kappa shape index (κ1) is 17.6. The first-order valence-electron chi connectivity index (χ1n) is 7.86. The number of carbonyl (C=O) groups excluding carboxylic acids is 1. The van der Waals surface area contributed by atoms with E-state index in [9.17, 15) is 4.79 Å². The third-order valence-corrected chi connectivity index (χ3v) is 5.16. The van der Waals surface area contributed by atoms with Gasteiger partial charge in [0.25, 0.3) is 5.91 Å². The maximum absolute atomic E-state index is 13.3. The molecule has 0 aromatic carbocycles. The average Bonchev–Trinajstić information content (AvgIpc) is 3.09. The quantitative estimate of drug-likeness (QED) is 0.631. The summed E-state index contributed by atoms with van der Waals surface area (Å²) in [7, 11) is 1.84. The van der Waals surface area contributed by atoms with Crippen molar-refractivity contribution in [2.45, 2.75) is 20.4 Å². The average molecular weight is 375 g/mol. The molecule has 0 aliphatic carbocycles. The molecule has 0 saturated heterocycles. The zero-order chi connectivity index (χ0) is 18.1. The predicted octanol–water partition coefficient (Wildman–Crippen LogP) is 4.13. The van der Waals surface area contributed by atoms with Gasteiger partial charge in [-0.3, -0.25) is 9.48 Å². The zero-order valence-corrected chi connectivity index (χ0v) is 16.0. The number of carbonyl (C=O) groups is 1. The van der Waals surface area contributed by atoms with Gasteiger partial charge in [0.2, 0.25) is 0 Å². The second-order valence-electron chi connectivity index (χ2n) is 5.90. The summed E-state index contributed by atoms with van der Waals surface area (Å²) in [6, 6.07) is 5.62. The Morgan fingerprint density at radius 2 is 2.20 bits per heavy atom. The number of fused-ring (bicyclic) bond motifs is 1. The minimum absolute atomic E-state index is 0.0592. The minimum atomic E-state index is -0.0592. The van der Waals surface area contributed by atoms with Gasteiger partial charge in [-0.2, -0.15) is 5.10 Å². The molecule has 0 bridgehead atoms. The first-order valence-corrected chi connectivity index (χ1v) is 9.05. The largest absolute Gasteiger partial charge is 0.330 e. The lowest BCUT2D eigenvalue weighted by Crippen LogP contribution is -2.30. The van der Waals surface area contributed by atoms with E-state index in [1.54, 1.807) is 15.7 Å². The highest BCUT2D eigenvalue weighted by Crippen LogP contribution is 2.26. The molecule has 1 amide bonds. The van der Waals surface area contributed by atoms with Crippen molar-refractivity contribution < 1.29 is 4.79 Å². The summed E-state index contributed by atoms with van der Waals surface area (Å²) in [6.07, 6.45) is 1.73. The number of nitrogens with zero attached hydrogens (tertiary/aromatic N) is 4. The van der Waals surface area contributed by atoms with Crippen LogP contribution in [0.3, 0.4) is 0 Å². The lowest BCUT2D eigenvalue weighted by Gasteiger charge is -2.21. The van der Waals surface area contributed by atoms with Crippen LogP contribution < -0.4 is 0 Å². The molecule has 0 saturated carbocycles. The number of hydrogen-bond acceptors (Lipinski definition) is 4. The molecule has 0 spiro atoms. The van der Waals surface area contributed by atoms with E-state index in [0.717, 1.165) is 27.3 Å². The molecule has 7 heteroatoms. The second kappa shape index (κ2) is 6.98.